The first-order valence-corrected chi connectivity index (χ1v) is 5.52. The minimum absolute atomic E-state index is 0.323. The maximum Gasteiger partial charge on any atom is 0.127 e. The minimum atomic E-state index is -0.425. The second kappa shape index (κ2) is 4.48. The van der Waals surface area contributed by atoms with Crippen LogP contribution in [0, 0.1) is 12.7 Å². The largest absolute Gasteiger partial charge is 0.472 e. The molecule has 0 aliphatic carbocycles. The van der Waals surface area contributed by atoms with E-state index < -0.39 is 5.38 Å². The Balaban J connectivity index is 2.44. The Morgan fingerprint density at radius 2 is 2.12 bits per heavy atom. The van der Waals surface area contributed by atoms with Gasteiger partial charge in [0.2, 0.25) is 0 Å². The van der Waals surface area contributed by atoms with Gasteiger partial charge >= 0.3 is 0 Å². The zero-order chi connectivity index (χ0) is 11.7. The molecule has 0 saturated carbocycles. The molecule has 1 nitrogen and oxygen atoms in total. The summed E-state index contributed by atoms with van der Waals surface area (Å²) >= 11 is 12.2. The van der Waals surface area contributed by atoms with E-state index in [0.717, 1.165) is 5.56 Å². The van der Waals surface area contributed by atoms with Crippen LogP contribution in [0.3, 0.4) is 0 Å². The second-order valence-electron chi connectivity index (χ2n) is 3.54. The predicted octanol–water partition coefficient (Wildman–Crippen LogP) is 4.71. The van der Waals surface area contributed by atoms with Crippen molar-refractivity contribution in [3.05, 3.63) is 58.3 Å². The van der Waals surface area contributed by atoms with E-state index in [-0.39, 0.29) is 5.82 Å². The van der Waals surface area contributed by atoms with Gasteiger partial charge < -0.3 is 4.42 Å². The summed E-state index contributed by atoms with van der Waals surface area (Å²) in [6.07, 6.45) is 3.09. The van der Waals surface area contributed by atoms with Crippen molar-refractivity contribution in [2.24, 2.45) is 0 Å². The molecule has 1 aromatic carbocycles. The van der Waals surface area contributed by atoms with Gasteiger partial charge in [-0.2, -0.15) is 0 Å². The summed E-state index contributed by atoms with van der Waals surface area (Å²) in [5.41, 5.74) is 2.01. The Hall–Kier alpha value is -0.990. The van der Waals surface area contributed by atoms with Crippen LogP contribution in [0.15, 0.2) is 35.1 Å². The third kappa shape index (κ3) is 2.08. The molecule has 0 bridgehead atoms. The van der Waals surface area contributed by atoms with Crippen LogP contribution in [0.4, 0.5) is 4.39 Å². The molecule has 16 heavy (non-hydrogen) atoms. The summed E-state index contributed by atoms with van der Waals surface area (Å²) < 4.78 is 18.2. The molecule has 0 N–H and O–H groups in total. The van der Waals surface area contributed by atoms with E-state index >= 15 is 0 Å². The lowest BCUT2D eigenvalue weighted by molar-refractivity contribution is 0.564. The molecule has 0 spiro atoms. The maximum atomic E-state index is 13.2. The van der Waals surface area contributed by atoms with E-state index in [1.165, 1.54) is 12.3 Å². The highest BCUT2D eigenvalue weighted by Gasteiger charge is 2.17. The SMILES string of the molecule is Cc1cc(C(Cl)c2ccoc2)c(Cl)cc1F. The number of furan rings is 1. The third-order valence-electron chi connectivity index (χ3n) is 2.39. The number of halogens is 3. The van der Waals surface area contributed by atoms with E-state index in [1.807, 2.05) is 0 Å². The van der Waals surface area contributed by atoms with Gasteiger partial charge in [-0.1, -0.05) is 11.6 Å². The van der Waals surface area contributed by atoms with Crippen LogP contribution >= 0.6 is 23.2 Å². The molecule has 0 amide bonds. The third-order valence-corrected chi connectivity index (χ3v) is 3.20. The maximum absolute atomic E-state index is 13.2. The van der Waals surface area contributed by atoms with Gasteiger partial charge in [0.1, 0.15) is 5.82 Å². The highest BCUT2D eigenvalue weighted by molar-refractivity contribution is 6.33. The summed E-state index contributed by atoms with van der Waals surface area (Å²) in [6.45, 7) is 1.67. The molecule has 2 aromatic rings. The molecule has 0 radical (unpaired) electrons. The molecule has 0 aliphatic rings. The van der Waals surface area contributed by atoms with Gasteiger partial charge in [-0.3, -0.25) is 0 Å². The van der Waals surface area contributed by atoms with Gasteiger partial charge in [0.25, 0.3) is 0 Å². The molecule has 0 fully saturated rings. The minimum Gasteiger partial charge on any atom is -0.472 e. The molecule has 4 heteroatoms. The lowest BCUT2D eigenvalue weighted by Gasteiger charge is -2.11. The Kier molecular flexibility index (Phi) is 3.22. The van der Waals surface area contributed by atoms with Crippen LogP contribution in [-0.4, -0.2) is 0 Å². The van der Waals surface area contributed by atoms with E-state index in [0.29, 0.717) is 16.1 Å². The molecule has 0 saturated heterocycles. The van der Waals surface area contributed by atoms with Crippen molar-refractivity contribution in [1.29, 1.82) is 0 Å². The molecular formula is C12H9Cl2FO. The molecule has 1 heterocycles. The molecule has 2 rings (SSSR count). The highest BCUT2D eigenvalue weighted by atomic mass is 35.5. The normalized spacial score (nSPS) is 12.8. The molecule has 84 valence electrons. The van der Waals surface area contributed by atoms with Crippen LogP contribution in [0.25, 0.3) is 0 Å². The highest BCUT2D eigenvalue weighted by Crippen LogP contribution is 2.35. The van der Waals surface area contributed by atoms with Crippen molar-refractivity contribution in [3.63, 3.8) is 0 Å². The number of benzene rings is 1. The molecule has 1 unspecified atom stereocenters. The van der Waals surface area contributed by atoms with Crippen molar-refractivity contribution in [3.8, 4) is 0 Å². The number of hydrogen-bond donors (Lipinski definition) is 0. The second-order valence-corrected chi connectivity index (χ2v) is 4.39. The average Bonchev–Trinajstić information content (AvgIpc) is 2.75. The lowest BCUT2D eigenvalue weighted by Crippen LogP contribution is -1.95. The van der Waals surface area contributed by atoms with Crippen molar-refractivity contribution in [2.45, 2.75) is 12.3 Å². The van der Waals surface area contributed by atoms with Crippen molar-refractivity contribution in [1.82, 2.24) is 0 Å². The van der Waals surface area contributed by atoms with Crippen LogP contribution in [-0.2, 0) is 0 Å². The summed E-state index contributed by atoms with van der Waals surface area (Å²) in [7, 11) is 0. The van der Waals surface area contributed by atoms with Crippen LogP contribution in [0.1, 0.15) is 22.1 Å². The summed E-state index contributed by atoms with van der Waals surface area (Å²) in [5.74, 6) is -0.329. The van der Waals surface area contributed by atoms with Gasteiger partial charge in [0, 0.05) is 10.6 Å². The first-order chi connectivity index (χ1) is 7.59. The smallest absolute Gasteiger partial charge is 0.127 e. The van der Waals surface area contributed by atoms with Crippen molar-refractivity contribution < 1.29 is 8.81 Å². The van der Waals surface area contributed by atoms with Gasteiger partial charge in [-0.25, -0.2) is 4.39 Å². The average molecular weight is 259 g/mol. The summed E-state index contributed by atoms with van der Waals surface area (Å²) in [5, 5.41) is -0.102. The molecule has 1 atom stereocenters. The lowest BCUT2D eigenvalue weighted by atomic mass is 10.0. The summed E-state index contributed by atoms with van der Waals surface area (Å²) in [4.78, 5) is 0. The topological polar surface area (TPSA) is 13.1 Å². The monoisotopic (exact) mass is 258 g/mol. The van der Waals surface area contributed by atoms with E-state index in [1.54, 1.807) is 25.3 Å². The first kappa shape index (κ1) is 11.5. The van der Waals surface area contributed by atoms with Crippen molar-refractivity contribution >= 4 is 23.2 Å². The summed E-state index contributed by atoms with van der Waals surface area (Å²) in [6, 6.07) is 4.69. The Bertz CT molecular complexity index is 494. The van der Waals surface area contributed by atoms with Crippen molar-refractivity contribution in [2.75, 3.05) is 0 Å². The van der Waals surface area contributed by atoms with Crippen LogP contribution in [0.2, 0.25) is 5.02 Å². The van der Waals surface area contributed by atoms with E-state index in [9.17, 15) is 4.39 Å². The van der Waals surface area contributed by atoms with Gasteiger partial charge in [0.15, 0.2) is 0 Å². The fourth-order valence-electron chi connectivity index (χ4n) is 1.47. The Morgan fingerprint density at radius 1 is 1.38 bits per heavy atom. The number of rotatable bonds is 2. The molecule has 1 aromatic heterocycles. The quantitative estimate of drug-likeness (QED) is 0.712. The molecular weight excluding hydrogens is 250 g/mol. The number of hydrogen-bond acceptors (Lipinski definition) is 1. The fraction of sp³-hybridized carbons (Fsp3) is 0.167. The van der Waals surface area contributed by atoms with Crippen LogP contribution < -0.4 is 0 Å². The Morgan fingerprint density at radius 3 is 2.75 bits per heavy atom. The van der Waals surface area contributed by atoms with E-state index in [4.69, 9.17) is 27.6 Å². The van der Waals surface area contributed by atoms with Crippen LogP contribution in [0.5, 0.6) is 0 Å². The first-order valence-electron chi connectivity index (χ1n) is 4.71. The fourth-order valence-corrected chi connectivity index (χ4v) is 2.09. The van der Waals surface area contributed by atoms with E-state index in [2.05, 4.69) is 0 Å². The zero-order valence-electron chi connectivity index (χ0n) is 8.51. The predicted molar refractivity (Wildman–Crippen MR) is 62.6 cm³/mol. The van der Waals surface area contributed by atoms with Gasteiger partial charge in [-0.15, -0.1) is 11.6 Å². The standard InChI is InChI=1S/C12H9Cl2FO/c1-7-4-9(10(13)5-11(7)15)12(14)8-2-3-16-6-8/h2-6,12H,1H3. The number of aryl methyl sites for hydroxylation is 1. The Labute approximate surface area is 103 Å². The van der Waals surface area contributed by atoms with Gasteiger partial charge in [-0.05, 0) is 36.2 Å². The van der Waals surface area contributed by atoms with Gasteiger partial charge in [0.05, 0.1) is 17.9 Å². The zero-order valence-corrected chi connectivity index (χ0v) is 10.0. The molecule has 0 aliphatic heterocycles. The number of alkyl halides is 1.